The molecule has 0 aromatic heterocycles. The molecule has 0 spiro atoms. The Morgan fingerprint density at radius 2 is 1.34 bits per heavy atom. The summed E-state index contributed by atoms with van der Waals surface area (Å²) in [5.41, 5.74) is 0.586. The Morgan fingerprint density at radius 1 is 0.841 bits per heavy atom. The molecule has 1 unspecified atom stereocenters. The third kappa shape index (κ3) is 21.5. The number of ether oxygens (including phenoxy) is 1. The Labute approximate surface area is 258 Å². The van der Waals surface area contributed by atoms with E-state index in [9.17, 15) is 19.5 Å². The van der Waals surface area contributed by atoms with Crippen molar-refractivity contribution in [3.05, 3.63) is 35.9 Å². The molecule has 242 valence electrons. The summed E-state index contributed by atoms with van der Waals surface area (Å²) >= 11 is 0. The number of likely N-dealkylation sites (N-methyl/N-ethyl adjacent to an activating group) is 2. The fourth-order valence-corrected chi connectivity index (χ4v) is 3.91. The van der Waals surface area contributed by atoms with Gasteiger partial charge in [-0.15, -0.1) is 0 Å². The number of carbonyl (C=O) groups excluding carboxylic acids is 6. The number of nitrogens with zero attached hydrogens (tertiary/aromatic N) is 4. The van der Waals surface area contributed by atoms with Gasteiger partial charge in [0.2, 0.25) is 0 Å². The highest BCUT2D eigenvalue weighted by Crippen LogP contribution is 2.03. The topological polar surface area (TPSA) is 174 Å². The molecule has 1 aliphatic heterocycles. The Balaban J connectivity index is 0.00000284. The van der Waals surface area contributed by atoms with Gasteiger partial charge in [0, 0.05) is 70.4 Å². The molecule has 1 aliphatic rings. The standard InChI is InChI=1S/C28H43N5O5.2CO2/c1-24(29-28(37)25-9-5-4-6-10-25)11-12-27(36)38-22-8-7-13-32-18-16-30(2)14-15-31(3)17-19-33(21-20-32)23-26(34)35;2*2-1-3/h4-6,9-10,24H,11-23H2,1-3H3,(H,29,37)(H,34,35);;. The molecule has 1 saturated heterocycles. The molecule has 0 aliphatic carbocycles. The number of hydrogen-bond acceptors (Lipinski definition) is 12. The number of carboxylic acids is 1. The van der Waals surface area contributed by atoms with Crippen molar-refractivity contribution in [2.24, 2.45) is 0 Å². The van der Waals surface area contributed by atoms with Gasteiger partial charge in [0.15, 0.2) is 6.61 Å². The van der Waals surface area contributed by atoms with E-state index in [0.717, 1.165) is 32.7 Å². The van der Waals surface area contributed by atoms with Gasteiger partial charge in [-0.2, -0.15) is 19.2 Å². The van der Waals surface area contributed by atoms with E-state index in [-0.39, 0.29) is 49.8 Å². The Kier molecular flexibility index (Phi) is 22.9. The smallest absolute Gasteiger partial charge is 0.373 e. The average molecular weight is 618 g/mol. The van der Waals surface area contributed by atoms with Crippen molar-refractivity contribution in [1.82, 2.24) is 24.9 Å². The number of rotatable bonds is 9. The van der Waals surface area contributed by atoms with E-state index < -0.39 is 5.97 Å². The number of nitrogens with one attached hydrogen (secondary N) is 1. The van der Waals surface area contributed by atoms with E-state index >= 15 is 0 Å². The molecular weight excluding hydrogens is 574 g/mol. The van der Waals surface area contributed by atoms with Crippen LogP contribution in [0.15, 0.2) is 30.3 Å². The molecule has 1 aromatic carbocycles. The van der Waals surface area contributed by atoms with Crippen molar-refractivity contribution >= 4 is 30.1 Å². The summed E-state index contributed by atoms with van der Waals surface area (Å²) in [7, 11) is 4.17. The predicted octanol–water partition coefficient (Wildman–Crippen LogP) is -0.469. The molecule has 2 N–H and O–H groups in total. The highest BCUT2D eigenvalue weighted by molar-refractivity contribution is 5.94. The number of esters is 1. The van der Waals surface area contributed by atoms with Crippen molar-refractivity contribution < 1.29 is 43.4 Å². The number of carboxylic acid groups (broad SMARTS) is 1. The molecule has 0 radical (unpaired) electrons. The molecule has 44 heavy (non-hydrogen) atoms. The van der Waals surface area contributed by atoms with Crippen LogP contribution in [0.5, 0.6) is 0 Å². The minimum Gasteiger partial charge on any atom is -0.480 e. The maximum absolute atomic E-state index is 12.2. The summed E-state index contributed by atoms with van der Waals surface area (Å²) in [5.74, 6) is 4.68. The third-order valence-corrected chi connectivity index (χ3v) is 6.48. The Morgan fingerprint density at radius 3 is 1.91 bits per heavy atom. The molecule has 1 aromatic rings. The SMILES string of the molecule is CC(CCC(=O)OCC#CCN1CCN(C)CCN(C)CCN(CC(=O)O)CC1)NC(=O)c1ccccc1.O=C=O.O=C=O. The van der Waals surface area contributed by atoms with Crippen molar-refractivity contribution in [2.75, 3.05) is 86.1 Å². The largest absolute Gasteiger partial charge is 0.480 e. The van der Waals surface area contributed by atoms with Gasteiger partial charge in [-0.05, 0) is 39.6 Å². The first-order valence-electron chi connectivity index (χ1n) is 14.1. The van der Waals surface area contributed by atoms with Crippen molar-refractivity contribution in [3.8, 4) is 11.8 Å². The molecule has 1 atom stereocenters. The second-order valence-corrected chi connectivity index (χ2v) is 10.0. The highest BCUT2D eigenvalue weighted by atomic mass is 16.5. The van der Waals surface area contributed by atoms with Crippen LogP contribution >= 0.6 is 0 Å². The van der Waals surface area contributed by atoms with Gasteiger partial charge < -0.3 is 25.0 Å². The zero-order valence-electron chi connectivity index (χ0n) is 25.7. The molecule has 14 heteroatoms. The molecule has 1 fully saturated rings. The average Bonchev–Trinajstić information content (AvgIpc) is 2.98. The summed E-state index contributed by atoms with van der Waals surface area (Å²) < 4.78 is 5.24. The lowest BCUT2D eigenvalue weighted by Crippen LogP contribution is -2.45. The Bertz CT molecular complexity index is 1100. The summed E-state index contributed by atoms with van der Waals surface area (Å²) in [6.07, 6.45) is 1.18. The van der Waals surface area contributed by atoms with E-state index in [1.54, 1.807) is 12.1 Å². The lowest BCUT2D eigenvalue weighted by Gasteiger charge is -2.30. The zero-order valence-corrected chi connectivity index (χ0v) is 25.7. The van der Waals surface area contributed by atoms with Crippen LogP contribution in [0.1, 0.15) is 30.1 Å². The molecular formula is C30H43N5O9. The van der Waals surface area contributed by atoms with E-state index in [1.807, 2.05) is 30.0 Å². The van der Waals surface area contributed by atoms with Crippen LogP contribution in [0.4, 0.5) is 0 Å². The van der Waals surface area contributed by atoms with Crippen LogP contribution in [-0.4, -0.2) is 147 Å². The molecule has 0 saturated carbocycles. The normalized spacial score (nSPS) is 15.7. The fourth-order valence-electron chi connectivity index (χ4n) is 3.91. The minimum atomic E-state index is -0.819. The summed E-state index contributed by atoms with van der Waals surface area (Å²) in [5, 5.41) is 12.1. The lowest BCUT2D eigenvalue weighted by molar-refractivity contribution is -0.193. The quantitative estimate of drug-likeness (QED) is 0.269. The van der Waals surface area contributed by atoms with Gasteiger partial charge >= 0.3 is 24.2 Å². The van der Waals surface area contributed by atoms with E-state index in [4.69, 9.17) is 23.9 Å². The van der Waals surface area contributed by atoms with Crippen LogP contribution < -0.4 is 5.32 Å². The van der Waals surface area contributed by atoms with Gasteiger partial charge in [-0.25, -0.2) is 0 Å². The number of hydrogen-bond donors (Lipinski definition) is 2. The van der Waals surface area contributed by atoms with Crippen LogP contribution in [0.25, 0.3) is 0 Å². The zero-order chi connectivity index (χ0) is 33.2. The lowest BCUT2D eigenvalue weighted by atomic mass is 10.1. The van der Waals surface area contributed by atoms with E-state index in [1.165, 1.54) is 0 Å². The summed E-state index contributed by atoms with van der Waals surface area (Å²) in [6.45, 7) is 8.91. The minimum absolute atomic E-state index is 0.0226. The van der Waals surface area contributed by atoms with Crippen LogP contribution in [0.2, 0.25) is 0 Å². The van der Waals surface area contributed by atoms with Crippen molar-refractivity contribution in [3.63, 3.8) is 0 Å². The Hall–Kier alpha value is -4.21. The van der Waals surface area contributed by atoms with E-state index in [2.05, 4.69) is 46.0 Å². The van der Waals surface area contributed by atoms with Crippen LogP contribution in [-0.2, 0) is 33.5 Å². The van der Waals surface area contributed by atoms with Gasteiger partial charge in [-0.1, -0.05) is 30.0 Å². The number of benzene rings is 1. The van der Waals surface area contributed by atoms with Gasteiger partial charge in [0.05, 0.1) is 13.1 Å². The highest BCUT2D eigenvalue weighted by Gasteiger charge is 2.15. The number of carbonyl (C=O) groups is 3. The van der Waals surface area contributed by atoms with Crippen LogP contribution in [0, 0.1) is 11.8 Å². The number of aliphatic carboxylic acids is 1. The first-order chi connectivity index (χ1) is 21.1. The van der Waals surface area contributed by atoms with Gasteiger partial charge in [0.25, 0.3) is 5.91 Å². The summed E-state index contributed by atoms with van der Waals surface area (Å²) in [6, 6.07) is 8.81. The summed E-state index contributed by atoms with van der Waals surface area (Å²) in [4.78, 5) is 76.8. The second kappa shape index (κ2) is 25.3. The molecule has 0 bridgehead atoms. The monoisotopic (exact) mass is 617 g/mol. The van der Waals surface area contributed by atoms with E-state index in [0.29, 0.717) is 38.2 Å². The molecule has 14 nitrogen and oxygen atoms in total. The maximum atomic E-state index is 12.2. The third-order valence-electron chi connectivity index (χ3n) is 6.48. The van der Waals surface area contributed by atoms with Crippen molar-refractivity contribution in [2.45, 2.75) is 25.8 Å². The van der Waals surface area contributed by atoms with Crippen LogP contribution in [0.3, 0.4) is 0 Å². The predicted molar refractivity (Wildman–Crippen MR) is 157 cm³/mol. The molecule has 1 amide bonds. The van der Waals surface area contributed by atoms with Gasteiger partial charge in [0.1, 0.15) is 0 Å². The first kappa shape index (κ1) is 39.8. The van der Waals surface area contributed by atoms with Gasteiger partial charge in [-0.3, -0.25) is 24.2 Å². The van der Waals surface area contributed by atoms with Crippen molar-refractivity contribution in [1.29, 1.82) is 0 Å². The molecule has 1 heterocycles. The fraction of sp³-hybridized carbons (Fsp3) is 0.567. The maximum Gasteiger partial charge on any atom is 0.373 e. The first-order valence-corrected chi connectivity index (χ1v) is 14.1. The second-order valence-electron chi connectivity index (χ2n) is 10.0. The number of amides is 1. The molecule has 2 rings (SSSR count).